The smallest absolute Gasteiger partial charge is 0.310 e. The molecule has 0 saturated carbocycles. The minimum Gasteiger partial charge on any atom is -0.464 e. The van der Waals surface area contributed by atoms with Crippen molar-refractivity contribution in [3.05, 3.63) is 60.2 Å². The Bertz CT molecular complexity index is 1060. The van der Waals surface area contributed by atoms with Crippen LogP contribution in [0.1, 0.15) is 5.56 Å². The number of benzene rings is 3. The maximum absolute atomic E-state index is 12.5. The summed E-state index contributed by atoms with van der Waals surface area (Å²) in [5.74, 6) is 0.109. The van der Waals surface area contributed by atoms with Crippen molar-refractivity contribution < 1.29 is 17.9 Å². The Kier molecular flexibility index (Phi) is 5.33. The standard InChI is InChI=1S/C22H23NO4S/c24-22(27-12-9-23-10-13-28(25,26)14-11-23)16-21-19-7-3-1-5-17(19)15-18-6-2-4-8-20(18)21/h1-8,15H,9-14,16H2. The van der Waals surface area contributed by atoms with Crippen molar-refractivity contribution in [1.29, 1.82) is 0 Å². The molecule has 0 aliphatic carbocycles. The van der Waals surface area contributed by atoms with Crippen LogP contribution in [0, 0.1) is 0 Å². The lowest BCUT2D eigenvalue weighted by Crippen LogP contribution is -2.41. The molecule has 0 atom stereocenters. The van der Waals surface area contributed by atoms with E-state index in [2.05, 4.69) is 18.2 Å². The molecule has 6 heteroatoms. The van der Waals surface area contributed by atoms with Gasteiger partial charge in [0.1, 0.15) is 6.61 Å². The Balaban J connectivity index is 1.45. The first-order valence-electron chi connectivity index (χ1n) is 9.50. The highest BCUT2D eigenvalue weighted by Crippen LogP contribution is 2.29. The van der Waals surface area contributed by atoms with Crippen molar-refractivity contribution in [2.24, 2.45) is 0 Å². The topological polar surface area (TPSA) is 63.7 Å². The monoisotopic (exact) mass is 397 g/mol. The third kappa shape index (κ3) is 4.18. The van der Waals surface area contributed by atoms with Gasteiger partial charge in [-0.25, -0.2) is 8.42 Å². The third-order valence-electron chi connectivity index (χ3n) is 5.31. The largest absolute Gasteiger partial charge is 0.464 e. The third-order valence-corrected chi connectivity index (χ3v) is 6.92. The molecule has 0 radical (unpaired) electrons. The summed E-state index contributed by atoms with van der Waals surface area (Å²) in [6.45, 7) is 1.86. The van der Waals surface area contributed by atoms with Crippen LogP contribution in [0.4, 0.5) is 0 Å². The number of sulfone groups is 1. The quantitative estimate of drug-likeness (QED) is 0.489. The Morgan fingerprint density at radius 3 is 2.11 bits per heavy atom. The molecule has 0 N–H and O–H groups in total. The summed E-state index contributed by atoms with van der Waals surface area (Å²) < 4.78 is 28.4. The van der Waals surface area contributed by atoms with E-state index in [4.69, 9.17) is 4.74 Å². The molecule has 3 aromatic rings. The lowest BCUT2D eigenvalue weighted by molar-refractivity contribution is -0.143. The van der Waals surface area contributed by atoms with Crippen molar-refractivity contribution >= 4 is 37.4 Å². The fourth-order valence-corrected chi connectivity index (χ4v) is 5.03. The van der Waals surface area contributed by atoms with Gasteiger partial charge in [0.15, 0.2) is 9.84 Å². The molecule has 0 amide bonds. The van der Waals surface area contributed by atoms with Crippen molar-refractivity contribution in [3.63, 3.8) is 0 Å². The van der Waals surface area contributed by atoms with E-state index < -0.39 is 9.84 Å². The van der Waals surface area contributed by atoms with E-state index in [-0.39, 0.29) is 30.5 Å². The van der Waals surface area contributed by atoms with Crippen LogP contribution >= 0.6 is 0 Å². The molecular weight excluding hydrogens is 374 g/mol. The maximum atomic E-state index is 12.5. The zero-order valence-corrected chi connectivity index (χ0v) is 16.5. The Morgan fingerprint density at radius 1 is 0.929 bits per heavy atom. The first-order valence-corrected chi connectivity index (χ1v) is 11.3. The van der Waals surface area contributed by atoms with Gasteiger partial charge in [-0.05, 0) is 33.2 Å². The summed E-state index contributed by atoms with van der Waals surface area (Å²) in [7, 11) is -2.89. The number of rotatable bonds is 5. The number of hydrogen-bond acceptors (Lipinski definition) is 5. The van der Waals surface area contributed by atoms with E-state index in [0.29, 0.717) is 19.6 Å². The van der Waals surface area contributed by atoms with Crippen LogP contribution in [0.25, 0.3) is 21.5 Å². The molecule has 1 heterocycles. The highest BCUT2D eigenvalue weighted by molar-refractivity contribution is 7.91. The van der Waals surface area contributed by atoms with Crippen LogP contribution in [0.3, 0.4) is 0 Å². The molecule has 1 fully saturated rings. The average molecular weight is 397 g/mol. The predicted molar refractivity (Wildman–Crippen MR) is 111 cm³/mol. The summed E-state index contributed by atoms with van der Waals surface area (Å²) in [5, 5.41) is 4.36. The molecule has 4 rings (SSSR count). The highest BCUT2D eigenvalue weighted by atomic mass is 32.2. The first-order chi connectivity index (χ1) is 13.5. The molecular formula is C22H23NO4S. The Morgan fingerprint density at radius 2 is 1.50 bits per heavy atom. The van der Waals surface area contributed by atoms with Crippen LogP contribution in [-0.2, 0) is 25.8 Å². The molecule has 0 aromatic heterocycles. The highest BCUT2D eigenvalue weighted by Gasteiger charge is 2.21. The number of ether oxygens (including phenoxy) is 1. The lowest BCUT2D eigenvalue weighted by Gasteiger charge is -2.26. The molecule has 0 spiro atoms. The van der Waals surface area contributed by atoms with Crippen molar-refractivity contribution in [1.82, 2.24) is 4.90 Å². The van der Waals surface area contributed by atoms with E-state index in [1.54, 1.807) is 0 Å². The number of carbonyl (C=O) groups excluding carboxylic acids is 1. The fourth-order valence-electron chi connectivity index (χ4n) is 3.76. The van der Waals surface area contributed by atoms with E-state index in [0.717, 1.165) is 27.1 Å². The van der Waals surface area contributed by atoms with Crippen molar-refractivity contribution in [2.75, 3.05) is 37.7 Å². The molecule has 28 heavy (non-hydrogen) atoms. The number of nitrogens with zero attached hydrogens (tertiary/aromatic N) is 1. The Labute approximate surface area is 164 Å². The van der Waals surface area contributed by atoms with Crippen LogP contribution in [0.15, 0.2) is 54.6 Å². The molecule has 1 aliphatic heterocycles. The first kappa shape index (κ1) is 18.9. The fraction of sp³-hybridized carbons (Fsp3) is 0.318. The van der Waals surface area contributed by atoms with E-state index in [1.807, 2.05) is 41.3 Å². The average Bonchev–Trinajstić information content (AvgIpc) is 2.69. The van der Waals surface area contributed by atoms with Gasteiger partial charge >= 0.3 is 5.97 Å². The maximum Gasteiger partial charge on any atom is 0.310 e. The normalized spacial score (nSPS) is 17.0. The van der Waals surface area contributed by atoms with Gasteiger partial charge in [0, 0.05) is 19.6 Å². The number of carbonyl (C=O) groups is 1. The van der Waals surface area contributed by atoms with E-state index in [9.17, 15) is 13.2 Å². The SMILES string of the molecule is O=C(Cc1c2ccccc2cc2ccccc12)OCCN1CCS(=O)(=O)CC1. The number of fused-ring (bicyclic) bond motifs is 2. The summed E-state index contributed by atoms with van der Waals surface area (Å²) in [6, 6.07) is 18.3. The number of hydrogen-bond donors (Lipinski definition) is 0. The number of esters is 1. The van der Waals surface area contributed by atoms with Gasteiger partial charge in [0.2, 0.25) is 0 Å². The summed E-state index contributed by atoms with van der Waals surface area (Å²) in [5.41, 5.74) is 0.989. The van der Waals surface area contributed by atoms with Gasteiger partial charge in [-0.2, -0.15) is 0 Å². The summed E-state index contributed by atoms with van der Waals surface area (Å²) in [6.07, 6.45) is 0.218. The summed E-state index contributed by atoms with van der Waals surface area (Å²) >= 11 is 0. The lowest BCUT2D eigenvalue weighted by atomic mass is 9.95. The van der Waals surface area contributed by atoms with Crippen LogP contribution < -0.4 is 0 Å². The molecule has 3 aromatic carbocycles. The molecule has 0 unspecified atom stereocenters. The van der Waals surface area contributed by atoms with Gasteiger partial charge in [-0.15, -0.1) is 0 Å². The summed E-state index contributed by atoms with van der Waals surface area (Å²) in [4.78, 5) is 14.5. The van der Waals surface area contributed by atoms with Gasteiger partial charge in [-0.3, -0.25) is 9.69 Å². The van der Waals surface area contributed by atoms with Crippen molar-refractivity contribution in [3.8, 4) is 0 Å². The van der Waals surface area contributed by atoms with Crippen LogP contribution in [0.5, 0.6) is 0 Å². The van der Waals surface area contributed by atoms with Crippen LogP contribution in [0.2, 0.25) is 0 Å². The second-order valence-corrected chi connectivity index (χ2v) is 9.49. The van der Waals surface area contributed by atoms with Crippen molar-refractivity contribution in [2.45, 2.75) is 6.42 Å². The van der Waals surface area contributed by atoms with Crippen LogP contribution in [-0.4, -0.2) is 57.0 Å². The second-order valence-electron chi connectivity index (χ2n) is 7.19. The second kappa shape index (κ2) is 7.89. The minimum absolute atomic E-state index is 0.183. The molecule has 146 valence electrons. The minimum atomic E-state index is -2.89. The Hall–Kier alpha value is -2.44. The van der Waals surface area contributed by atoms with E-state index >= 15 is 0 Å². The van der Waals surface area contributed by atoms with Gasteiger partial charge in [0.05, 0.1) is 17.9 Å². The molecule has 1 saturated heterocycles. The zero-order chi connectivity index (χ0) is 19.6. The predicted octanol–water partition coefficient (Wildman–Crippen LogP) is 2.81. The van der Waals surface area contributed by atoms with Gasteiger partial charge in [-0.1, -0.05) is 48.5 Å². The molecule has 0 bridgehead atoms. The molecule has 1 aliphatic rings. The van der Waals surface area contributed by atoms with E-state index in [1.165, 1.54) is 0 Å². The van der Waals surface area contributed by atoms with Gasteiger partial charge < -0.3 is 4.74 Å². The molecule has 5 nitrogen and oxygen atoms in total. The van der Waals surface area contributed by atoms with Gasteiger partial charge in [0.25, 0.3) is 0 Å². The zero-order valence-electron chi connectivity index (χ0n) is 15.6.